The Kier molecular flexibility index (Phi) is 5.51. The first-order chi connectivity index (χ1) is 18.3. The average Bonchev–Trinajstić information content (AvgIpc) is 3.45. The Bertz CT molecular complexity index is 2090. The van der Waals surface area contributed by atoms with Crippen molar-refractivity contribution in [2.24, 2.45) is 7.05 Å². The largest absolute Gasteiger partial charge is 0.367 e. The summed E-state index contributed by atoms with van der Waals surface area (Å²) in [6.07, 6.45) is 0. The molecular formula is C35H23N2Y-. The fourth-order valence-corrected chi connectivity index (χ4v) is 6.21. The molecule has 1 radical (unpaired) electrons. The summed E-state index contributed by atoms with van der Waals surface area (Å²) in [5.74, 6) is 0. The summed E-state index contributed by atoms with van der Waals surface area (Å²) >= 11 is 0. The maximum Gasteiger partial charge on any atom is 0.0541 e. The molecule has 0 saturated carbocycles. The van der Waals surface area contributed by atoms with Crippen LogP contribution in [0.25, 0.3) is 71.2 Å². The van der Waals surface area contributed by atoms with Crippen molar-refractivity contribution in [3.63, 3.8) is 0 Å². The molecule has 0 bridgehead atoms. The number of para-hydroxylation sites is 2. The summed E-state index contributed by atoms with van der Waals surface area (Å²) in [6, 6.07) is 47.1. The zero-order valence-corrected chi connectivity index (χ0v) is 23.9. The first kappa shape index (κ1) is 23.4. The molecule has 0 spiro atoms. The minimum atomic E-state index is 0. The van der Waals surface area contributed by atoms with Gasteiger partial charge in [0.15, 0.2) is 0 Å². The molecule has 6 aromatic carbocycles. The maximum absolute atomic E-state index is 3.28. The summed E-state index contributed by atoms with van der Waals surface area (Å²) < 4.78 is 4.69. The molecule has 0 amide bonds. The van der Waals surface area contributed by atoms with Gasteiger partial charge in [-0.3, -0.25) is 0 Å². The van der Waals surface area contributed by atoms with Gasteiger partial charge >= 0.3 is 0 Å². The van der Waals surface area contributed by atoms with Crippen molar-refractivity contribution < 1.29 is 32.7 Å². The van der Waals surface area contributed by atoms with Crippen molar-refractivity contribution in [2.75, 3.05) is 0 Å². The van der Waals surface area contributed by atoms with E-state index in [2.05, 4.69) is 138 Å². The molecule has 8 aromatic rings. The molecular weight excluding hydrogens is 537 g/mol. The van der Waals surface area contributed by atoms with E-state index < -0.39 is 0 Å². The number of aryl methyl sites for hydroxylation is 1. The molecule has 2 nitrogen and oxygen atoms in total. The third-order valence-corrected chi connectivity index (χ3v) is 7.86. The van der Waals surface area contributed by atoms with E-state index in [1.54, 1.807) is 0 Å². The summed E-state index contributed by atoms with van der Waals surface area (Å²) in [4.78, 5) is 0. The van der Waals surface area contributed by atoms with Crippen LogP contribution < -0.4 is 0 Å². The van der Waals surface area contributed by atoms with Crippen LogP contribution in [-0.4, -0.2) is 9.13 Å². The number of benzene rings is 6. The van der Waals surface area contributed by atoms with Gasteiger partial charge in [0, 0.05) is 67.1 Å². The summed E-state index contributed by atoms with van der Waals surface area (Å²) in [5.41, 5.74) is 8.62. The average molecular weight is 560 g/mol. The van der Waals surface area contributed by atoms with Crippen LogP contribution in [0.15, 0.2) is 121 Å². The Hall–Kier alpha value is -3.72. The number of fused-ring (bicyclic) bond motifs is 8. The number of hydrogen-bond acceptors (Lipinski definition) is 0. The predicted octanol–water partition coefficient (Wildman–Crippen LogP) is 9.05. The van der Waals surface area contributed by atoms with Crippen LogP contribution in [0.3, 0.4) is 0 Å². The fourth-order valence-electron chi connectivity index (χ4n) is 6.21. The predicted molar refractivity (Wildman–Crippen MR) is 157 cm³/mol. The van der Waals surface area contributed by atoms with Crippen LogP contribution in [0.5, 0.6) is 0 Å². The summed E-state index contributed by atoms with van der Waals surface area (Å²) in [7, 11) is 2.16. The number of nitrogens with zero attached hydrogens (tertiary/aromatic N) is 2. The Morgan fingerprint density at radius 2 is 1.16 bits per heavy atom. The van der Waals surface area contributed by atoms with Gasteiger partial charge in [-0.1, -0.05) is 84.4 Å². The van der Waals surface area contributed by atoms with E-state index in [0.29, 0.717) is 0 Å². The molecule has 0 aliphatic carbocycles. The fraction of sp³-hybridized carbons (Fsp3) is 0.0286. The first-order valence-electron chi connectivity index (χ1n) is 12.7. The molecule has 2 aromatic heterocycles. The van der Waals surface area contributed by atoms with E-state index in [-0.39, 0.29) is 32.7 Å². The maximum atomic E-state index is 3.28. The van der Waals surface area contributed by atoms with E-state index in [1.165, 1.54) is 71.2 Å². The molecule has 8 rings (SSSR count). The van der Waals surface area contributed by atoms with Crippen LogP contribution in [0.1, 0.15) is 0 Å². The van der Waals surface area contributed by atoms with Crippen LogP contribution >= 0.6 is 0 Å². The second-order valence-electron chi connectivity index (χ2n) is 9.78. The smallest absolute Gasteiger partial charge is 0.0541 e. The molecule has 3 heteroatoms. The zero-order chi connectivity index (χ0) is 24.5. The van der Waals surface area contributed by atoms with Crippen molar-refractivity contribution in [1.82, 2.24) is 9.13 Å². The Morgan fingerprint density at radius 1 is 0.553 bits per heavy atom. The van der Waals surface area contributed by atoms with Crippen LogP contribution in [0, 0.1) is 6.07 Å². The van der Waals surface area contributed by atoms with Gasteiger partial charge in [0.2, 0.25) is 0 Å². The monoisotopic (exact) mass is 560 g/mol. The standard InChI is InChI=1S/C35H23N2.Y/c1-36-32-15-7-4-13-28(32)31-22-30(25-10-2-3-14-29(25)35(31)36)23-18-20-24(21-19-23)37-33-16-8-5-11-26(33)27-12-6-9-17-34(27)37;/h2-3,5-22H,1H3;/q-1;. The third-order valence-electron chi connectivity index (χ3n) is 7.86. The molecule has 0 atom stereocenters. The van der Waals surface area contributed by atoms with Gasteiger partial charge < -0.3 is 9.13 Å². The Morgan fingerprint density at radius 3 is 1.84 bits per heavy atom. The second kappa shape index (κ2) is 8.94. The second-order valence-corrected chi connectivity index (χ2v) is 9.78. The minimum Gasteiger partial charge on any atom is -0.367 e. The molecule has 177 valence electrons. The third kappa shape index (κ3) is 3.27. The van der Waals surface area contributed by atoms with Crippen molar-refractivity contribution in [2.45, 2.75) is 0 Å². The van der Waals surface area contributed by atoms with Crippen molar-refractivity contribution in [3.05, 3.63) is 127 Å². The van der Waals surface area contributed by atoms with Gasteiger partial charge in [0.05, 0.1) is 11.0 Å². The first-order valence-corrected chi connectivity index (χ1v) is 12.7. The van der Waals surface area contributed by atoms with Gasteiger partial charge in [0.1, 0.15) is 0 Å². The van der Waals surface area contributed by atoms with Crippen molar-refractivity contribution >= 4 is 54.4 Å². The molecule has 0 saturated heterocycles. The summed E-state index contributed by atoms with van der Waals surface area (Å²) in [5, 5.41) is 7.64. The van der Waals surface area contributed by atoms with Gasteiger partial charge in [0.25, 0.3) is 0 Å². The van der Waals surface area contributed by atoms with E-state index >= 15 is 0 Å². The molecule has 0 N–H and O–H groups in total. The molecule has 2 heterocycles. The van der Waals surface area contributed by atoms with Crippen LogP contribution in [-0.2, 0) is 39.8 Å². The number of rotatable bonds is 2. The van der Waals surface area contributed by atoms with Gasteiger partial charge in [-0.25, -0.2) is 0 Å². The number of hydrogen-bond donors (Lipinski definition) is 0. The van der Waals surface area contributed by atoms with Gasteiger partial charge in [-0.2, -0.15) is 18.2 Å². The van der Waals surface area contributed by atoms with Gasteiger partial charge in [-0.05, 0) is 46.2 Å². The molecule has 38 heavy (non-hydrogen) atoms. The minimum absolute atomic E-state index is 0. The molecule has 0 unspecified atom stereocenters. The van der Waals surface area contributed by atoms with Crippen LogP contribution in [0.2, 0.25) is 0 Å². The Balaban J connectivity index is 0.00000242. The van der Waals surface area contributed by atoms with E-state index in [9.17, 15) is 0 Å². The van der Waals surface area contributed by atoms with Gasteiger partial charge in [-0.15, -0.1) is 11.5 Å². The molecule has 0 fully saturated rings. The molecule has 0 aliphatic heterocycles. The van der Waals surface area contributed by atoms with E-state index in [0.717, 1.165) is 0 Å². The quantitative estimate of drug-likeness (QED) is 0.187. The van der Waals surface area contributed by atoms with E-state index in [4.69, 9.17) is 0 Å². The van der Waals surface area contributed by atoms with E-state index in [1.807, 2.05) is 6.07 Å². The van der Waals surface area contributed by atoms with Crippen LogP contribution in [0.4, 0.5) is 0 Å². The Labute approximate surface area is 246 Å². The number of aromatic nitrogens is 2. The molecule has 0 aliphatic rings. The van der Waals surface area contributed by atoms with Crippen molar-refractivity contribution in [3.8, 4) is 16.8 Å². The summed E-state index contributed by atoms with van der Waals surface area (Å²) in [6.45, 7) is 0. The van der Waals surface area contributed by atoms with Crippen molar-refractivity contribution in [1.29, 1.82) is 0 Å². The normalized spacial score (nSPS) is 11.6. The zero-order valence-electron chi connectivity index (χ0n) is 21.0. The SMILES string of the molecule is Cn1c2cc[c-]cc2c2cc(-c3ccc(-n4c5ccccc5c5ccccc54)cc3)c3ccccc3c21.[Y]. The topological polar surface area (TPSA) is 9.86 Å².